The van der Waals surface area contributed by atoms with Crippen LogP contribution in [0.3, 0.4) is 0 Å². The second-order valence-electron chi connectivity index (χ2n) is 6.36. The summed E-state index contributed by atoms with van der Waals surface area (Å²) in [7, 11) is 0. The van der Waals surface area contributed by atoms with Gasteiger partial charge in [0.1, 0.15) is 5.58 Å². The van der Waals surface area contributed by atoms with Gasteiger partial charge in [-0.05, 0) is 62.9 Å². The van der Waals surface area contributed by atoms with Crippen molar-refractivity contribution in [1.29, 1.82) is 0 Å². The summed E-state index contributed by atoms with van der Waals surface area (Å²) < 4.78 is 5.41. The van der Waals surface area contributed by atoms with Crippen LogP contribution >= 0.6 is 0 Å². The van der Waals surface area contributed by atoms with E-state index in [1.165, 1.54) is 24.8 Å². The Bertz CT molecular complexity index is 717. The van der Waals surface area contributed by atoms with E-state index in [-0.39, 0.29) is 5.63 Å². The lowest BCUT2D eigenvalue weighted by Gasteiger charge is -2.33. The largest absolute Gasteiger partial charge is 0.423 e. The molecule has 21 heavy (non-hydrogen) atoms. The number of hydrogen-bond donors (Lipinski definition) is 0. The molecule has 0 amide bonds. The lowest BCUT2D eigenvalue weighted by molar-refractivity contribution is 0.153. The van der Waals surface area contributed by atoms with Gasteiger partial charge in [0.15, 0.2) is 0 Å². The van der Waals surface area contributed by atoms with Gasteiger partial charge in [0, 0.05) is 24.0 Å². The summed E-state index contributed by atoms with van der Waals surface area (Å²) in [5.41, 5.74) is 3.90. The molecule has 1 aromatic heterocycles. The van der Waals surface area contributed by atoms with E-state index in [2.05, 4.69) is 24.8 Å². The van der Waals surface area contributed by atoms with Crippen molar-refractivity contribution in [2.45, 2.75) is 52.6 Å². The molecule has 0 aliphatic carbocycles. The molecule has 2 heterocycles. The molecule has 1 saturated heterocycles. The van der Waals surface area contributed by atoms with Gasteiger partial charge >= 0.3 is 5.63 Å². The van der Waals surface area contributed by atoms with Gasteiger partial charge in [0.2, 0.25) is 0 Å². The second kappa shape index (κ2) is 5.64. The topological polar surface area (TPSA) is 33.5 Å². The molecule has 1 fully saturated rings. The quantitative estimate of drug-likeness (QED) is 0.787. The monoisotopic (exact) mass is 285 g/mol. The molecule has 1 atom stereocenters. The highest BCUT2D eigenvalue weighted by molar-refractivity contribution is 5.84. The molecular weight excluding hydrogens is 262 g/mol. The van der Waals surface area contributed by atoms with E-state index in [4.69, 9.17) is 4.42 Å². The Morgan fingerprint density at radius 2 is 2.05 bits per heavy atom. The average molecular weight is 285 g/mol. The smallest absolute Gasteiger partial charge is 0.336 e. The van der Waals surface area contributed by atoms with Gasteiger partial charge in [-0.2, -0.15) is 0 Å². The summed E-state index contributed by atoms with van der Waals surface area (Å²) in [6.07, 6.45) is 3.81. The number of nitrogens with zero attached hydrogens (tertiary/aromatic N) is 1. The zero-order valence-electron chi connectivity index (χ0n) is 13.1. The molecule has 2 aromatic rings. The summed E-state index contributed by atoms with van der Waals surface area (Å²) >= 11 is 0. The van der Waals surface area contributed by atoms with Crippen molar-refractivity contribution in [1.82, 2.24) is 4.90 Å². The van der Waals surface area contributed by atoms with Gasteiger partial charge < -0.3 is 4.42 Å². The number of hydrogen-bond acceptors (Lipinski definition) is 3. The van der Waals surface area contributed by atoms with Crippen LogP contribution in [-0.4, -0.2) is 17.5 Å². The Morgan fingerprint density at radius 3 is 2.81 bits per heavy atom. The van der Waals surface area contributed by atoms with Crippen molar-refractivity contribution in [3.8, 4) is 0 Å². The number of fused-ring (bicyclic) bond motifs is 1. The summed E-state index contributed by atoms with van der Waals surface area (Å²) in [6, 6.07) is 6.39. The Hall–Kier alpha value is -1.61. The highest BCUT2D eigenvalue weighted by Crippen LogP contribution is 2.26. The first kappa shape index (κ1) is 14.3. The van der Waals surface area contributed by atoms with Gasteiger partial charge in [-0.3, -0.25) is 4.90 Å². The number of likely N-dealkylation sites (tertiary alicyclic amines) is 1. The maximum absolute atomic E-state index is 11.9. The first-order valence-electron chi connectivity index (χ1n) is 7.82. The highest BCUT2D eigenvalue weighted by atomic mass is 16.4. The van der Waals surface area contributed by atoms with Crippen LogP contribution < -0.4 is 5.63 Å². The van der Waals surface area contributed by atoms with Crippen LogP contribution in [0.5, 0.6) is 0 Å². The van der Waals surface area contributed by atoms with Gasteiger partial charge in [-0.1, -0.05) is 12.5 Å². The number of piperidine rings is 1. The van der Waals surface area contributed by atoms with Crippen LogP contribution in [0.4, 0.5) is 0 Å². The Morgan fingerprint density at radius 1 is 1.24 bits per heavy atom. The molecule has 0 saturated carbocycles. The first-order chi connectivity index (χ1) is 10.0. The molecule has 3 rings (SSSR count). The molecule has 0 N–H and O–H groups in total. The lowest BCUT2D eigenvalue weighted by atomic mass is 9.99. The number of rotatable bonds is 2. The first-order valence-corrected chi connectivity index (χ1v) is 7.82. The summed E-state index contributed by atoms with van der Waals surface area (Å²) in [5.74, 6) is 0. The fourth-order valence-corrected chi connectivity index (χ4v) is 3.51. The second-order valence-corrected chi connectivity index (χ2v) is 6.36. The molecule has 0 bridgehead atoms. The molecule has 0 unspecified atom stereocenters. The predicted molar refractivity (Wildman–Crippen MR) is 85.7 cm³/mol. The van der Waals surface area contributed by atoms with Crippen molar-refractivity contribution in [3.63, 3.8) is 0 Å². The zero-order chi connectivity index (χ0) is 15.0. The van der Waals surface area contributed by atoms with E-state index < -0.39 is 0 Å². The predicted octanol–water partition coefficient (Wildman–Crippen LogP) is 3.78. The van der Waals surface area contributed by atoms with Crippen LogP contribution in [0, 0.1) is 13.8 Å². The number of aryl methyl sites for hydroxylation is 2. The van der Waals surface area contributed by atoms with Crippen LogP contribution in [0.25, 0.3) is 11.0 Å². The normalized spacial score (nSPS) is 20.0. The van der Waals surface area contributed by atoms with Gasteiger partial charge in [0.25, 0.3) is 0 Å². The average Bonchev–Trinajstić information content (AvgIpc) is 2.40. The lowest BCUT2D eigenvalue weighted by Crippen LogP contribution is -2.37. The molecule has 1 aromatic carbocycles. The minimum absolute atomic E-state index is 0.243. The highest BCUT2D eigenvalue weighted by Gasteiger charge is 2.20. The Kier molecular flexibility index (Phi) is 3.85. The molecule has 1 aliphatic rings. The van der Waals surface area contributed by atoms with Crippen LogP contribution in [0.15, 0.2) is 27.4 Å². The van der Waals surface area contributed by atoms with E-state index in [1.807, 2.05) is 13.0 Å². The SMILES string of the molecule is Cc1cc(C)c2c(CN3CCCC[C@H]3C)cc(=O)oc2c1. The zero-order valence-corrected chi connectivity index (χ0v) is 13.1. The summed E-state index contributed by atoms with van der Waals surface area (Å²) in [4.78, 5) is 14.3. The molecule has 112 valence electrons. The minimum Gasteiger partial charge on any atom is -0.423 e. The maximum atomic E-state index is 11.9. The molecule has 3 heteroatoms. The molecular formula is C18H23NO2. The summed E-state index contributed by atoms with van der Waals surface area (Å²) in [5, 5.41) is 1.11. The molecule has 3 nitrogen and oxygen atoms in total. The van der Waals surface area contributed by atoms with E-state index in [0.717, 1.165) is 35.2 Å². The molecule has 0 radical (unpaired) electrons. The van der Waals surface area contributed by atoms with Crippen LogP contribution in [0.1, 0.15) is 42.9 Å². The van der Waals surface area contributed by atoms with Gasteiger partial charge in [0.05, 0.1) is 0 Å². The maximum Gasteiger partial charge on any atom is 0.336 e. The van der Waals surface area contributed by atoms with Crippen molar-refractivity contribution in [2.75, 3.05) is 6.54 Å². The van der Waals surface area contributed by atoms with Crippen molar-refractivity contribution >= 4 is 11.0 Å². The third-order valence-corrected chi connectivity index (χ3v) is 4.58. The van der Waals surface area contributed by atoms with Gasteiger partial charge in [-0.25, -0.2) is 4.79 Å². The third-order valence-electron chi connectivity index (χ3n) is 4.58. The Balaban J connectivity index is 2.07. The van der Waals surface area contributed by atoms with Crippen molar-refractivity contribution in [2.24, 2.45) is 0 Å². The van der Waals surface area contributed by atoms with Crippen molar-refractivity contribution in [3.05, 3.63) is 45.3 Å². The molecule has 0 spiro atoms. The van der Waals surface area contributed by atoms with E-state index in [0.29, 0.717) is 6.04 Å². The van der Waals surface area contributed by atoms with Crippen LogP contribution in [-0.2, 0) is 6.54 Å². The van der Waals surface area contributed by atoms with Crippen molar-refractivity contribution < 1.29 is 4.42 Å². The standard InChI is InChI=1S/C18H23NO2/c1-12-8-13(2)18-15(10-17(20)21-16(18)9-12)11-19-7-5-4-6-14(19)3/h8-10,14H,4-7,11H2,1-3H3/t14-/m1/s1. The van der Waals surface area contributed by atoms with E-state index >= 15 is 0 Å². The third kappa shape index (κ3) is 2.88. The fraction of sp³-hybridized carbons (Fsp3) is 0.500. The minimum atomic E-state index is -0.243. The Labute approximate surface area is 125 Å². The van der Waals surface area contributed by atoms with E-state index in [1.54, 1.807) is 6.07 Å². The summed E-state index contributed by atoms with van der Waals surface area (Å²) in [6.45, 7) is 8.37. The van der Waals surface area contributed by atoms with Crippen LogP contribution in [0.2, 0.25) is 0 Å². The molecule has 1 aliphatic heterocycles. The van der Waals surface area contributed by atoms with E-state index in [9.17, 15) is 4.79 Å². The fourth-order valence-electron chi connectivity index (χ4n) is 3.51. The van der Waals surface area contributed by atoms with Gasteiger partial charge in [-0.15, -0.1) is 0 Å². The number of benzene rings is 1.